The van der Waals surface area contributed by atoms with Crippen LogP contribution in [0.15, 0.2) is 24.5 Å². The van der Waals surface area contributed by atoms with Crippen LogP contribution in [0.2, 0.25) is 0 Å². The zero-order valence-electron chi connectivity index (χ0n) is 9.64. The summed E-state index contributed by atoms with van der Waals surface area (Å²) >= 11 is 1.52. The fourth-order valence-electron chi connectivity index (χ4n) is 1.49. The van der Waals surface area contributed by atoms with Gasteiger partial charge in [0.05, 0.1) is 12.1 Å². The number of methoxy groups -OCH3 is 1. The summed E-state index contributed by atoms with van der Waals surface area (Å²) in [5.41, 5.74) is 1.55. The monoisotopic (exact) mass is 248 g/mol. The molecule has 0 saturated carbocycles. The van der Waals surface area contributed by atoms with Gasteiger partial charge in [0.1, 0.15) is 0 Å². The third-order valence-electron chi connectivity index (χ3n) is 2.32. The minimum absolute atomic E-state index is 0.375. The SMILES string of the molecule is COC(=O)c1nc(Cc2ccncc2)sc1C. The van der Waals surface area contributed by atoms with Gasteiger partial charge in [-0.3, -0.25) is 4.98 Å². The molecule has 0 aromatic carbocycles. The molecule has 0 saturated heterocycles. The van der Waals surface area contributed by atoms with Crippen LogP contribution in [0.3, 0.4) is 0 Å². The van der Waals surface area contributed by atoms with Gasteiger partial charge < -0.3 is 4.74 Å². The van der Waals surface area contributed by atoms with Gasteiger partial charge in [0, 0.05) is 23.7 Å². The lowest BCUT2D eigenvalue weighted by Gasteiger charge is -1.96. The fraction of sp³-hybridized carbons (Fsp3) is 0.250. The fourth-order valence-corrected chi connectivity index (χ4v) is 2.44. The molecule has 2 aromatic heterocycles. The van der Waals surface area contributed by atoms with Gasteiger partial charge in [0.2, 0.25) is 0 Å². The first-order chi connectivity index (χ1) is 8.20. The van der Waals surface area contributed by atoms with E-state index in [2.05, 4.69) is 14.7 Å². The van der Waals surface area contributed by atoms with E-state index < -0.39 is 0 Å². The summed E-state index contributed by atoms with van der Waals surface area (Å²) in [6.07, 6.45) is 4.21. The number of carbonyl (C=O) groups excluding carboxylic acids is 1. The molecular weight excluding hydrogens is 236 g/mol. The number of esters is 1. The summed E-state index contributed by atoms with van der Waals surface area (Å²) in [5, 5.41) is 0.911. The summed E-state index contributed by atoms with van der Waals surface area (Å²) < 4.78 is 4.68. The third-order valence-corrected chi connectivity index (χ3v) is 3.30. The second kappa shape index (κ2) is 5.05. The normalized spacial score (nSPS) is 10.2. The van der Waals surface area contributed by atoms with Crippen molar-refractivity contribution < 1.29 is 9.53 Å². The second-order valence-electron chi connectivity index (χ2n) is 3.54. The number of rotatable bonds is 3. The van der Waals surface area contributed by atoms with Gasteiger partial charge >= 0.3 is 5.97 Å². The third kappa shape index (κ3) is 2.68. The summed E-state index contributed by atoms with van der Waals surface area (Å²) in [5.74, 6) is -0.375. The van der Waals surface area contributed by atoms with Crippen molar-refractivity contribution in [3.8, 4) is 0 Å². The Labute approximate surface area is 103 Å². The van der Waals surface area contributed by atoms with Gasteiger partial charge in [-0.15, -0.1) is 11.3 Å². The highest BCUT2D eigenvalue weighted by Gasteiger charge is 2.15. The van der Waals surface area contributed by atoms with Gasteiger partial charge in [-0.1, -0.05) is 0 Å². The molecule has 0 aliphatic rings. The number of hydrogen-bond donors (Lipinski definition) is 0. The van der Waals surface area contributed by atoms with Crippen molar-refractivity contribution in [2.75, 3.05) is 7.11 Å². The molecule has 0 aliphatic carbocycles. The molecule has 2 rings (SSSR count). The van der Waals surface area contributed by atoms with Crippen LogP contribution in [-0.2, 0) is 11.2 Å². The smallest absolute Gasteiger partial charge is 0.357 e. The molecule has 0 fully saturated rings. The largest absolute Gasteiger partial charge is 0.464 e. The number of hydrogen-bond acceptors (Lipinski definition) is 5. The standard InChI is InChI=1S/C12H12N2O2S/c1-8-11(12(15)16-2)14-10(17-8)7-9-3-5-13-6-4-9/h3-6H,7H2,1-2H3. The first-order valence-electron chi connectivity index (χ1n) is 5.14. The predicted octanol–water partition coefficient (Wildman–Crippen LogP) is 2.22. The number of aromatic nitrogens is 2. The van der Waals surface area contributed by atoms with Crippen LogP contribution in [0.1, 0.15) is 25.9 Å². The lowest BCUT2D eigenvalue weighted by molar-refractivity contribution is 0.0594. The second-order valence-corrected chi connectivity index (χ2v) is 4.82. The van der Waals surface area contributed by atoms with Crippen molar-refractivity contribution in [3.05, 3.63) is 45.7 Å². The number of nitrogens with zero attached hydrogens (tertiary/aromatic N) is 2. The Kier molecular flexibility index (Phi) is 3.49. The van der Waals surface area contributed by atoms with Crippen LogP contribution < -0.4 is 0 Å². The minimum Gasteiger partial charge on any atom is -0.464 e. The molecular formula is C12H12N2O2S. The molecule has 0 amide bonds. The maximum Gasteiger partial charge on any atom is 0.357 e. The summed E-state index contributed by atoms with van der Waals surface area (Å²) in [6, 6.07) is 3.88. The number of thiazole rings is 1. The Morgan fingerprint density at radius 2 is 2.12 bits per heavy atom. The van der Waals surface area contributed by atoms with E-state index >= 15 is 0 Å². The van der Waals surface area contributed by atoms with Crippen molar-refractivity contribution in [2.24, 2.45) is 0 Å². The Morgan fingerprint density at radius 3 is 2.76 bits per heavy atom. The average Bonchev–Trinajstić information content (AvgIpc) is 2.70. The van der Waals surface area contributed by atoms with E-state index in [-0.39, 0.29) is 5.97 Å². The average molecular weight is 248 g/mol. The van der Waals surface area contributed by atoms with Gasteiger partial charge in [0.25, 0.3) is 0 Å². The van der Waals surface area contributed by atoms with Crippen molar-refractivity contribution >= 4 is 17.3 Å². The Morgan fingerprint density at radius 1 is 1.41 bits per heavy atom. The molecule has 0 bridgehead atoms. The summed E-state index contributed by atoms with van der Waals surface area (Å²) in [7, 11) is 1.36. The quantitative estimate of drug-likeness (QED) is 0.781. The van der Waals surface area contributed by atoms with Crippen LogP contribution in [-0.4, -0.2) is 23.0 Å². The van der Waals surface area contributed by atoms with E-state index in [0.717, 1.165) is 15.4 Å². The van der Waals surface area contributed by atoms with E-state index in [4.69, 9.17) is 0 Å². The highest BCUT2D eigenvalue weighted by Crippen LogP contribution is 2.20. The number of carbonyl (C=O) groups is 1. The van der Waals surface area contributed by atoms with E-state index in [1.54, 1.807) is 12.4 Å². The van der Waals surface area contributed by atoms with E-state index in [1.165, 1.54) is 18.4 Å². The van der Waals surface area contributed by atoms with Crippen molar-refractivity contribution in [1.29, 1.82) is 0 Å². The van der Waals surface area contributed by atoms with E-state index in [1.807, 2.05) is 19.1 Å². The highest BCUT2D eigenvalue weighted by molar-refractivity contribution is 7.11. The maximum absolute atomic E-state index is 11.4. The minimum atomic E-state index is -0.375. The van der Waals surface area contributed by atoms with Gasteiger partial charge in [-0.05, 0) is 24.6 Å². The number of pyridine rings is 1. The molecule has 0 atom stereocenters. The Bertz CT molecular complexity index is 523. The Balaban J connectivity index is 2.21. The van der Waals surface area contributed by atoms with Gasteiger partial charge in [0.15, 0.2) is 5.69 Å². The number of ether oxygens (including phenoxy) is 1. The van der Waals surface area contributed by atoms with Crippen LogP contribution in [0.5, 0.6) is 0 Å². The van der Waals surface area contributed by atoms with E-state index in [0.29, 0.717) is 12.1 Å². The van der Waals surface area contributed by atoms with Crippen molar-refractivity contribution in [3.63, 3.8) is 0 Å². The van der Waals surface area contributed by atoms with Crippen LogP contribution >= 0.6 is 11.3 Å². The molecule has 0 N–H and O–H groups in total. The summed E-state index contributed by atoms with van der Waals surface area (Å²) in [6.45, 7) is 1.87. The zero-order chi connectivity index (χ0) is 12.3. The van der Waals surface area contributed by atoms with Crippen molar-refractivity contribution in [1.82, 2.24) is 9.97 Å². The zero-order valence-corrected chi connectivity index (χ0v) is 10.5. The number of aryl methyl sites for hydroxylation is 1. The molecule has 5 heteroatoms. The summed E-state index contributed by atoms with van der Waals surface area (Å²) in [4.78, 5) is 20.6. The first kappa shape index (κ1) is 11.7. The maximum atomic E-state index is 11.4. The highest BCUT2D eigenvalue weighted by atomic mass is 32.1. The van der Waals surface area contributed by atoms with E-state index in [9.17, 15) is 4.79 Å². The van der Waals surface area contributed by atoms with Crippen molar-refractivity contribution in [2.45, 2.75) is 13.3 Å². The molecule has 0 unspecified atom stereocenters. The van der Waals surface area contributed by atoms with Crippen LogP contribution in [0.25, 0.3) is 0 Å². The molecule has 2 heterocycles. The lowest BCUT2D eigenvalue weighted by Crippen LogP contribution is -2.03. The molecule has 0 spiro atoms. The lowest BCUT2D eigenvalue weighted by atomic mass is 10.2. The molecule has 0 radical (unpaired) electrons. The van der Waals surface area contributed by atoms with Gasteiger partial charge in [-0.2, -0.15) is 0 Å². The molecule has 0 aliphatic heterocycles. The topological polar surface area (TPSA) is 52.1 Å². The predicted molar refractivity (Wildman–Crippen MR) is 65.2 cm³/mol. The molecule has 17 heavy (non-hydrogen) atoms. The molecule has 88 valence electrons. The molecule has 2 aromatic rings. The van der Waals surface area contributed by atoms with Gasteiger partial charge in [-0.25, -0.2) is 9.78 Å². The first-order valence-corrected chi connectivity index (χ1v) is 5.96. The molecule has 4 nitrogen and oxygen atoms in total. The Hall–Kier alpha value is -1.75. The van der Waals surface area contributed by atoms with Crippen LogP contribution in [0, 0.1) is 6.92 Å². The van der Waals surface area contributed by atoms with Crippen LogP contribution in [0.4, 0.5) is 0 Å².